The van der Waals surface area contributed by atoms with Crippen LogP contribution in [0, 0.1) is 6.92 Å². The van der Waals surface area contributed by atoms with Crippen molar-refractivity contribution in [3.63, 3.8) is 0 Å². The van der Waals surface area contributed by atoms with Gasteiger partial charge in [0.15, 0.2) is 0 Å². The molecule has 1 aliphatic heterocycles. The molecule has 8 heteroatoms. The van der Waals surface area contributed by atoms with Gasteiger partial charge in [0.1, 0.15) is 5.75 Å². The van der Waals surface area contributed by atoms with Crippen molar-refractivity contribution in [3.8, 4) is 5.75 Å². The number of amides is 1. The fraction of sp³-hybridized carbons (Fsp3) is 0.231. The number of sulfonamides is 1. The molecule has 7 nitrogen and oxygen atoms in total. The molecule has 0 saturated carbocycles. The van der Waals surface area contributed by atoms with Gasteiger partial charge in [0.2, 0.25) is 10.0 Å². The highest BCUT2D eigenvalue weighted by molar-refractivity contribution is 7.89. The zero-order chi connectivity index (χ0) is 24.3. The number of hydrogen-bond acceptors (Lipinski definition) is 5. The molecule has 0 unspecified atom stereocenters. The van der Waals surface area contributed by atoms with Crippen molar-refractivity contribution < 1.29 is 22.7 Å². The van der Waals surface area contributed by atoms with Gasteiger partial charge in [0, 0.05) is 31.4 Å². The number of nitrogens with zero attached hydrogens (tertiary/aromatic N) is 2. The summed E-state index contributed by atoms with van der Waals surface area (Å²) in [6.07, 6.45) is 1.67. The highest BCUT2D eigenvalue weighted by Crippen LogP contribution is 2.24. The number of carbonyl (C=O) groups is 2. The number of hydrogen-bond donors (Lipinski definition) is 0. The van der Waals surface area contributed by atoms with E-state index in [0.29, 0.717) is 24.3 Å². The van der Waals surface area contributed by atoms with Crippen LogP contribution in [0.2, 0.25) is 0 Å². The van der Waals surface area contributed by atoms with Crippen molar-refractivity contribution >= 4 is 27.6 Å². The Hall–Kier alpha value is -3.49. The minimum atomic E-state index is -3.63. The molecule has 0 spiro atoms. The number of rotatable bonds is 6. The SMILES string of the molecule is Cc1ccc(C(=O)N(C)c2ccc(OC(=O)c3cccc(S(=O)(=O)N4CCCC4)c3)cc2)cc1. The first-order valence-electron chi connectivity index (χ1n) is 11.0. The van der Waals surface area contributed by atoms with E-state index in [9.17, 15) is 18.0 Å². The molecule has 0 bridgehead atoms. The smallest absolute Gasteiger partial charge is 0.343 e. The van der Waals surface area contributed by atoms with Crippen molar-refractivity contribution in [3.05, 3.63) is 89.5 Å². The lowest BCUT2D eigenvalue weighted by Crippen LogP contribution is -2.28. The van der Waals surface area contributed by atoms with Crippen molar-refractivity contribution in [1.82, 2.24) is 4.31 Å². The quantitative estimate of drug-likeness (QED) is 0.390. The Balaban J connectivity index is 1.45. The fourth-order valence-corrected chi connectivity index (χ4v) is 5.34. The maximum Gasteiger partial charge on any atom is 0.343 e. The lowest BCUT2D eigenvalue weighted by atomic mass is 10.1. The highest BCUT2D eigenvalue weighted by atomic mass is 32.2. The normalized spacial score (nSPS) is 14.1. The summed E-state index contributed by atoms with van der Waals surface area (Å²) < 4.78 is 32.4. The average Bonchev–Trinajstić information content (AvgIpc) is 3.40. The van der Waals surface area contributed by atoms with E-state index >= 15 is 0 Å². The van der Waals surface area contributed by atoms with Gasteiger partial charge in [0.25, 0.3) is 5.91 Å². The topological polar surface area (TPSA) is 84.0 Å². The van der Waals surface area contributed by atoms with Gasteiger partial charge in [-0.2, -0.15) is 4.31 Å². The van der Waals surface area contributed by atoms with E-state index in [2.05, 4.69) is 0 Å². The summed E-state index contributed by atoms with van der Waals surface area (Å²) in [4.78, 5) is 27.0. The third-order valence-corrected chi connectivity index (χ3v) is 7.70. The Labute approximate surface area is 199 Å². The number of anilines is 1. The molecule has 0 aromatic heterocycles. The van der Waals surface area contributed by atoms with Crippen LogP contribution in [0.4, 0.5) is 5.69 Å². The van der Waals surface area contributed by atoms with E-state index in [4.69, 9.17) is 4.74 Å². The van der Waals surface area contributed by atoms with Crippen LogP contribution < -0.4 is 9.64 Å². The van der Waals surface area contributed by atoms with Crippen molar-refractivity contribution in [2.75, 3.05) is 25.0 Å². The van der Waals surface area contributed by atoms with Gasteiger partial charge in [-0.05, 0) is 74.4 Å². The second-order valence-corrected chi connectivity index (χ2v) is 10.2. The predicted molar refractivity (Wildman–Crippen MR) is 130 cm³/mol. The molecular weight excluding hydrogens is 452 g/mol. The molecule has 1 saturated heterocycles. The lowest BCUT2D eigenvalue weighted by Gasteiger charge is -2.18. The maximum atomic E-state index is 12.8. The standard InChI is InChI=1S/C26H26N2O5S/c1-19-8-10-20(11-9-19)25(29)27(2)22-12-14-23(15-13-22)33-26(30)21-6-5-7-24(18-21)34(31,32)28-16-3-4-17-28/h5-15,18H,3-4,16-17H2,1-2H3. The summed E-state index contributed by atoms with van der Waals surface area (Å²) in [5.41, 5.74) is 2.44. The van der Waals surface area contributed by atoms with Gasteiger partial charge >= 0.3 is 5.97 Å². The zero-order valence-electron chi connectivity index (χ0n) is 19.1. The summed E-state index contributed by atoms with van der Waals surface area (Å²) in [5.74, 6) is -0.520. The Morgan fingerprint density at radius 1 is 0.882 bits per heavy atom. The average molecular weight is 479 g/mol. The van der Waals surface area contributed by atoms with E-state index in [0.717, 1.165) is 18.4 Å². The number of aryl methyl sites for hydroxylation is 1. The molecule has 34 heavy (non-hydrogen) atoms. The molecule has 1 fully saturated rings. The molecule has 4 rings (SSSR count). The first-order valence-corrected chi connectivity index (χ1v) is 12.5. The van der Waals surface area contributed by atoms with E-state index < -0.39 is 16.0 Å². The van der Waals surface area contributed by atoms with Crippen LogP contribution in [0.1, 0.15) is 39.1 Å². The number of carbonyl (C=O) groups excluding carboxylic acids is 2. The molecule has 0 radical (unpaired) electrons. The Kier molecular flexibility index (Phi) is 6.81. The second kappa shape index (κ2) is 9.79. The van der Waals surface area contributed by atoms with Crippen molar-refractivity contribution in [2.24, 2.45) is 0 Å². The summed E-state index contributed by atoms with van der Waals surface area (Å²) in [6.45, 7) is 2.94. The van der Waals surface area contributed by atoms with Gasteiger partial charge in [-0.15, -0.1) is 0 Å². The second-order valence-electron chi connectivity index (χ2n) is 8.25. The molecule has 1 aliphatic rings. The summed E-state index contributed by atoms with van der Waals surface area (Å²) in [6, 6.07) is 19.8. The minimum absolute atomic E-state index is 0.0791. The molecule has 3 aromatic rings. The van der Waals surface area contributed by atoms with Crippen LogP contribution in [0.3, 0.4) is 0 Å². The number of ether oxygens (including phenoxy) is 1. The van der Waals surface area contributed by atoms with E-state index in [1.165, 1.54) is 33.5 Å². The highest BCUT2D eigenvalue weighted by Gasteiger charge is 2.27. The molecular formula is C26H26N2O5S. The van der Waals surface area contributed by atoms with Crippen LogP contribution in [0.25, 0.3) is 0 Å². The molecule has 1 amide bonds. The van der Waals surface area contributed by atoms with E-state index in [-0.39, 0.29) is 22.1 Å². The fourth-order valence-electron chi connectivity index (χ4n) is 3.77. The van der Waals surface area contributed by atoms with Crippen LogP contribution in [0.5, 0.6) is 5.75 Å². The molecule has 0 N–H and O–H groups in total. The Bertz CT molecular complexity index is 1300. The Morgan fingerprint density at radius 3 is 2.18 bits per heavy atom. The number of esters is 1. The van der Waals surface area contributed by atoms with E-state index in [1.807, 2.05) is 19.1 Å². The van der Waals surface area contributed by atoms with Crippen LogP contribution in [-0.2, 0) is 10.0 Å². The molecule has 0 atom stereocenters. The maximum absolute atomic E-state index is 12.8. The van der Waals surface area contributed by atoms with Crippen molar-refractivity contribution in [2.45, 2.75) is 24.7 Å². The molecule has 176 valence electrons. The van der Waals surface area contributed by atoms with E-state index in [1.54, 1.807) is 43.4 Å². The molecule has 1 heterocycles. The zero-order valence-corrected chi connectivity index (χ0v) is 19.9. The van der Waals surface area contributed by atoms with Gasteiger partial charge in [-0.3, -0.25) is 4.79 Å². The van der Waals surface area contributed by atoms with Crippen LogP contribution >= 0.6 is 0 Å². The Morgan fingerprint density at radius 2 is 1.53 bits per heavy atom. The minimum Gasteiger partial charge on any atom is -0.423 e. The van der Waals surface area contributed by atoms with Gasteiger partial charge in [0.05, 0.1) is 10.5 Å². The summed E-state index contributed by atoms with van der Waals surface area (Å²) >= 11 is 0. The lowest BCUT2D eigenvalue weighted by molar-refractivity contribution is 0.0734. The van der Waals surface area contributed by atoms with Gasteiger partial charge in [-0.25, -0.2) is 13.2 Å². The predicted octanol–water partition coefficient (Wildman–Crippen LogP) is 4.28. The third kappa shape index (κ3) is 5.03. The third-order valence-electron chi connectivity index (χ3n) is 5.81. The summed E-state index contributed by atoms with van der Waals surface area (Å²) in [5, 5.41) is 0. The monoisotopic (exact) mass is 478 g/mol. The summed E-state index contributed by atoms with van der Waals surface area (Å²) in [7, 11) is -1.95. The molecule has 3 aromatic carbocycles. The first-order chi connectivity index (χ1) is 16.3. The van der Waals surface area contributed by atoms with Crippen LogP contribution in [-0.4, -0.2) is 44.7 Å². The molecule has 0 aliphatic carbocycles. The number of benzene rings is 3. The van der Waals surface area contributed by atoms with Crippen molar-refractivity contribution in [1.29, 1.82) is 0 Å². The first kappa shape index (κ1) is 23.7. The van der Waals surface area contributed by atoms with Gasteiger partial charge < -0.3 is 9.64 Å². The largest absolute Gasteiger partial charge is 0.423 e. The van der Waals surface area contributed by atoms with Gasteiger partial charge in [-0.1, -0.05) is 23.8 Å². The van der Waals surface area contributed by atoms with Crippen LogP contribution in [0.15, 0.2) is 77.7 Å².